The second-order valence-electron chi connectivity index (χ2n) is 7.91. The number of amides is 1. The molecule has 0 saturated heterocycles. The summed E-state index contributed by atoms with van der Waals surface area (Å²) in [6.45, 7) is 1.63. The lowest BCUT2D eigenvalue weighted by molar-refractivity contribution is -0.141. The van der Waals surface area contributed by atoms with Gasteiger partial charge in [-0.2, -0.15) is 13.2 Å². The van der Waals surface area contributed by atoms with Crippen LogP contribution in [0.25, 0.3) is 0 Å². The minimum absolute atomic E-state index is 0.0225. The van der Waals surface area contributed by atoms with Gasteiger partial charge in [0, 0.05) is 37.0 Å². The number of rotatable bonds is 9. The van der Waals surface area contributed by atoms with Gasteiger partial charge in [-0.25, -0.2) is 9.37 Å². The summed E-state index contributed by atoms with van der Waals surface area (Å²) in [6.07, 6.45) is -4.64. The van der Waals surface area contributed by atoms with E-state index in [9.17, 15) is 31.1 Å². The van der Waals surface area contributed by atoms with E-state index in [-0.39, 0.29) is 24.6 Å². The number of carbonyl (C=O) groups is 1. The van der Waals surface area contributed by atoms with E-state index in [1.165, 1.54) is 32.2 Å². The maximum absolute atomic E-state index is 14.4. The summed E-state index contributed by atoms with van der Waals surface area (Å²) < 4.78 is 76.8. The summed E-state index contributed by atoms with van der Waals surface area (Å²) in [5, 5.41) is 5.53. The third kappa shape index (κ3) is 6.79. The molecule has 0 spiro atoms. The molecule has 0 saturated carbocycles. The van der Waals surface area contributed by atoms with Crippen molar-refractivity contribution in [2.75, 3.05) is 16.7 Å². The molecule has 0 fully saturated rings. The highest BCUT2D eigenvalue weighted by molar-refractivity contribution is 7.80. The summed E-state index contributed by atoms with van der Waals surface area (Å²) in [5.41, 5.74) is 0.218. The van der Waals surface area contributed by atoms with Crippen molar-refractivity contribution in [1.82, 2.24) is 10.3 Å². The molecule has 3 rings (SSSR count). The third-order valence-corrected chi connectivity index (χ3v) is 6.10. The number of anilines is 2. The number of carbonyl (C=O) groups excluding carboxylic acids is 1. The highest BCUT2D eigenvalue weighted by Gasteiger charge is 2.33. The maximum atomic E-state index is 14.4. The predicted molar refractivity (Wildman–Crippen MR) is 127 cm³/mol. The molecule has 2 N–H and O–H groups in total. The minimum atomic E-state index is -4.64. The lowest BCUT2D eigenvalue weighted by Crippen LogP contribution is -2.28. The fourth-order valence-electron chi connectivity index (χ4n) is 3.34. The monoisotopic (exact) mass is 523 g/mol. The Morgan fingerprint density at radius 1 is 1.11 bits per heavy atom. The summed E-state index contributed by atoms with van der Waals surface area (Å²) in [7, 11) is 1.18. The lowest BCUT2D eigenvalue weighted by Gasteiger charge is -2.22. The molecule has 1 aromatic heterocycles. The van der Waals surface area contributed by atoms with E-state index in [1.54, 1.807) is 24.3 Å². The Labute approximate surface area is 208 Å². The van der Waals surface area contributed by atoms with Gasteiger partial charge >= 0.3 is 6.18 Å². The van der Waals surface area contributed by atoms with Crippen LogP contribution in [0.5, 0.6) is 0 Å². The van der Waals surface area contributed by atoms with E-state index in [2.05, 4.69) is 15.6 Å². The largest absolute Gasteiger partial charge is 0.755 e. The Hall–Kier alpha value is -3.51. The first-order chi connectivity index (χ1) is 17.0. The van der Waals surface area contributed by atoms with Crippen LogP contribution >= 0.6 is 0 Å². The molecule has 2 aromatic carbocycles. The van der Waals surface area contributed by atoms with E-state index in [1.807, 2.05) is 6.07 Å². The second-order valence-corrected chi connectivity index (χ2v) is 8.89. The molecule has 7 nitrogen and oxygen atoms in total. The molecule has 2 unspecified atom stereocenters. The average molecular weight is 524 g/mol. The van der Waals surface area contributed by atoms with E-state index < -0.39 is 40.8 Å². The van der Waals surface area contributed by atoms with Gasteiger partial charge in [-0.05, 0) is 36.2 Å². The van der Waals surface area contributed by atoms with E-state index in [0.29, 0.717) is 15.4 Å². The van der Waals surface area contributed by atoms with Gasteiger partial charge in [0.05, 0.1) is 11.6 Å². The Balaban J connectivity index is 1.74. The van der Waals surface area contributed by atoms with E-state index in [0.717, 1.165) is 17.7 Å². The zero-order valence-corrected chi connectivity index (χ0v) is 20.1. The van der Waals surface area contributed by atoms with Crippen molar-refractivity contribution in [2.45, 2.75) is 32.1 Å². The van der Waals surface area contributed by atoms with Crippen molar-refractivity contribution >= 4 is 28.7 Å². The number of halogens is 4. The fraction of sp³-hybridized carbons (Fsp3) is 0.250. The standard InChI is InChI=1S/C24H24F4N4O3S/c1-15(17-8-10-20(19(25)12-17)32(2)36(34)35)23(33)30-14-18-9-11-21(24(26,27)28)31-22(18)29-13-16-6-4-3-5-7-16/h3-12,15H,13-14H2,1-2H3,(H,29,31)(H,30,33)(H,34,35)/p-1. The molecule has 0 radical (unpaired) electrons. The van der Waals surface area contributed by atoms with Gasteiger partial charge in [0.1, 0.15) is 17.3 Å². The molecule has 12 heteroatoms. The van der Waals surface area contributed by atoms with Gasteiger partial charge in [-0.15, -0.1) is 0 Å². The maximum Gasteiger partial charge on any atom is 0.433 e. The summed E-state index contributed by atoms with van der Waals surface area (Å²) >= 11 is -2.66. The number of hydrogen-bond donors (Lipinski definition) is 2. The molecule has 2 atom stereocenters. The van der Waals surface area contributed by atoms with Gasteiger partial charge in [0.25, 0.3) is 0 Å². The van der Waals surface area contributed by atoms with Gasteiger partial charge in [0.15, 0.2) is 0 Å². The fourth-order valence-corrected chi connectivity index (χ4v) is 3.65. The van der Waals surface area contributed by atoms with E-state index >= 15 is 0 Å². The zero-order chi connectivity index (χ0) is 26.5. The molecule has 192 valence electrons. The van der Waals surface area contributed by atoms with Crippen LogP contribution in [0.2, 0.25) is 0 Å². The van der Waals surface area contributed by atoms with Crippen LogP contribution in [0.3, 0.4) is 0 Å². The molecule has 0 bridgehead atoms. The average Bonchev–Trinajstić information content (AvgIpc) is 2.85. The molecule has 0 aliphatic heterocycles. The highest BCUT2D eigenvalue weighted by atomic mass is 32.2. The van der Waals surface area contributed by atoms with Crippen LogP contribution in [-0.4, -0.2) is 26.7 Å². The Morgan fingerprint density at radius 2 is 1.81 bits per heavy atom. The summed E-state index contributed by atoms with van der Waals surface area (Å²) in [6, 6.07) is 14.8. The Morgan fingerprint density at radius 3 is 2.42 bits per heavy atom. The third-order valence-electron chi connectivity index (χ3n) is 5.45. The molecule has 3 aromatic rings. The van der Waals surface area contributed by atoms with Crippen molar-refractivity contribution in [1.29, 1.82) is 0 Å². The van der Waals surface area contributed by atoms with Gasteiger partial charge in [-0.3, -0.25) is 9.00 Å². The van der Waals surface area contributed by atoms with Crippen molar-refractivity contribution in [3.05, 3.63) is 88.9 Å². The van der Waals surface area contributed by atoms with Crippen LogP contribution in [0.1, 0.15) is 35.2 Å². The van der Waals surface area contributed by atoms with Crippen molar-refractivity contribution in [2.24, 2.45) is 0 Å². The lowest BCUT2D eigenvalue weighted by atomic mass is 9.99. The van der Waals surface area contributed by atoms with Crippen molar-refractivity contribution in [3.8, 4) is 0 Å². The molecule has 1 amide bonds. The Kier molecular flexibility index (Phi) is 8.64. The molecular weight excluding hydrogens is 500 g/mol. The molecule has 1 heterocycles. The summed E-state index contributed by atoms with van der Waals surface area (Å²) in [5.74, 6) is -2.17. The summed E-state index contributed by atoms with van der Waals surface area (Å²) in [4.78, 5) is 16.4. The molecule has 36 heavy (non-hydrogen) atoms. The number of nitrogens with one attached hydrogen (secondary N) is 2. The number of nitrogens with zero attached hydrogens (tertiary/aromatic N) is 2. The minimum Gasteiger partial charge on any atom is -0.755 e. The van der Waals surface area contributed by atoms with Gasteiger partial charge in [0.2, 0.25) is 5.91 Å². The molecule has 0 aliphatic carbocycles. The number of pyridine rings is 1. The topological polar surface area (TPSA) is 97.4 Å². The predicted octanol–water partition coefficient (Wildman–Crippen LogP) is 4.50. The quantitative estimate of drug-likeness (QED) is 0.318. The first-order valence-electron chi connectivity index (χ1n) is 10.7. The van der Waals surface area contributed by atoms with Crippen LogP contribution in [0.15, 0.2) is 60.7 Å². The van der Waals surface area contributed by atoms with Gasteiger partial charge in [-0.1, -0.05) is 42.5 Å². The second kappa shape index (κ2) is 11.5. The molecular formula is C24H23F4N4O3S-. The SMILES string of the molecule is CC(C(=O)NCc1ccc(C(F)(F)F)nc1NCc1ccccc1)c1ccc(N(C)S(=O)[O-])c(F)c1. The van der Waals surface area contributed by atoms with Gasteiger partial charge < -0.3 is 19.5 Å². The number of hydrogen-bond acceptors (Lipinski definition) is 5. The Bertz CT molecular complexity index is 1240. The highest BCUT2D eigenvalue weighted by Crippen LogP contribution is 2.30. The van der Waals surface area contributed by atoms with Crippen LogP contribution in [0, 0.1) is 5.82 Å². The smallest absolute Gasteiger partial charge is 0.433 e. The first-order valence-corrected chi connectivity index (χ1v) is 11.8. The number of benzene rings is 2. The van der Waals surface area contributed by atoms with E-state index in [4.69, 9.17) is 0 Å². The van der Waals surface area contributed by atoms with Crippen LogP contribution in [-0.2, 0) is 35.3 Å². The van der Waals surface area contributed by atoms with Crippen LogP contribution < -0.4 is 14.9 Å². The number of aromatic nitrogens is 1. The van der Waals surface area contributed by atoms with Crippen molar-refractivity contribution in [3.63, 3.8) is 0 Å². The molecule has 0 aliphatic rings. The number of alkyl halides is 3. The van der Waals surface area contributed by atoms with Crippen LogP contribution in [0.4, 0.5) is 29.1 Å². The zero-order valence-electron chi connectivity index (χ0n) is 19.3. The first kappa shape index (κ1) is 27.1. The van der Waals surface area contributed by atoms with Crippen molar-refractivity contribution < 1.29 is 31.1 Å². The normalized spacial score (nSPS) is 13.1.